The Morgan fingerprint density at radius 2 is 2.09 bits per heavy atom. The van der Waals surface area contributed by atoms with Crippen LogP contribution in [0.2, 0.25) is 0 Å². The van der Waals surface area contributed by atoms with Crippen molar-refractivity contribution in [3.8, 4) is 5.75 Å². The Bertz CT molecular complexity index is 642. The summed E-state index contributed by atoms with van der Waals surface area (Å²) in [6.07, 6.45) is 7.98. The molecule has 0 radical (unpaired) electrons. The van der Waals surface area contributed by atoms with Crippen LogP contribution < -0.4 is 10.1 Å². The van der Waals surface area contributed by atoms with Gasteiger partial charge in [0.15, 0.2) is 0 Å². The third kappa shape index (κ3) is 3.43. The van der Waals surface area contributed by atoms with E-state index in [2.05, 4.69) is 5.32 Å². The lowest BCUT2D eigenvalue weighted by molar-refractivity contribution is -0.122. The fourth-order valence-corrected chi connectivity index (χ4v) is 3.25. The molecule has 1 saturated carbocycles. The first-order valence-corrected chi connectivity index (χ1v) is 8.27. The maximum atomic E-state index is 12.2. The summed E-state index contributed by atoms with van der Waals surface area (Å²) in [5.41, 5.74) is 1.07. The molecule has 1 fully saturated rings. The van der Waals surface area contributed by atoms with Crippen LogP contribution in [0, 0.1) is 0 Å². The number of benzene rings is 1. The maximum absolute atomic E-state index is 12.2. The van der Waals surface area contributed by atoms with Crippen LogP contribution in [0.15, 0.2) is 30.5 Å². The fourth-order valence-electron chi connectivity index (χ4n) is 3.25. The second-order valence-electron chi connectivity index (χ2n) is 6.00. The fraction of sp³-hybridized carbons (Fsp3) is 0.500. The van der Waals surface area contributed by atoms with E-state index in [1.807, 2.05) is 42.0 Å². The van der Waals surface area contributed by atoms with E-state index in [1.165, 1.54) is 19.3 Å². The van der Waals surface area contributed by atoms with Crippen LogP contribution >= 0.6 is 0 Å². The van der Waals surface area contributed by atoms with Gasteiger partial charge in [-0.3, -0.25) is 4.79 Å². The molecule has 0 bridgehead atoms. The molecule has 1 aromatic carbocycles. The van der Waals surface area contributed by atoms with Crippen molar-refractivity contribution in [2.45, 2.75) is 51.6 Å². The highest BCUT2D eigenvalue weighted by atomic mass is 16.5. The molecular weight excluding hydrogens is 276 g/mol. The van der Waals surface area contributed by atoms with Gasteiger partial charge in [-0.25, -0.2) is 0 Å². The van der Waals surface area contributed by atoms with Crippen molar-refractivity contribution in [3.05, 3.63) is 30.5 Å². The van der Waals surface area contributed by atoms with E-state index < -0.39 is 0 Å². The van der Waals surface area contributed by atoms with Gasteiger partial charge in [0.1, 0.15) is 12.3 Å². The Morgan fingerprint density at radius 3 is 2.86 bits per heavy atom. The van der Waals surface area contributed by atoms with Crippen LogP contribution in [0.3, 0.4) is 0 Å². The summed E-state index contributed by atoms with van der Waals surface area (Å²) in [5, 5.41) is 4.28. The minimum atomic E-state index is 0.110. The van der Waals surface area contributed by atoms with Gasteiger partial charge in [0.05, 0.1) is 6.61 Å². The van der Waals surface area contributed by atoms with Gasteiger partial charge in [0.2, 0.25) is 5.91 Å². The molecule has 1 aromatic heterocycles. The predicted octanol–water partition coefficient (Wildman–Crippen LogP) is 3.49. The quantitative estimate of drug-likeness (QED) is 0.918. The van der Waals surface area contributed by atoms with Gasteiger partial charge in [-0.15, -0.1) is 0 Å². The minimum Gasteiger partial charge on any atom is -0.494 e. The summed E-state index contributed by atoms with van der Waals surface area (Å²) in [7, 11) is 0. The van der Waals surface area contributed by atoms with Crippen molar-refractivity contribution in [1.82, 2.24) is 9.88 Å². The molecule has 0 atom stereocenters. The van der Waals surface area contributed by atoms with Gasteiger partial charge in [0, 0.05) is 23.1 Å². The number of amides is 1. The molecule has 0 unspecified atom stereocenters. The van der Waals surface area contributed by atoms with E-state index in [0.717, 1.165) is 29.5 Å². The number of hydrogen-bond donors (Lipinski definition) is 1. The topological polar surface area (TPSA) is 43.3 Å². The normalized spacial score (nSPS) is 15.9. The van der Waals surface area contributed by atoms with E-state index in [4.69, 9.17) is 4.74 Å². The molecule has 4 heteroatoms. The molecule has 1 amide bonds. The standard InChI is InChI=1S/C18H24N2O2/c1-2-22-16-8-9-17-14(12-16)10-11-20(17)13-18(21)19-15-6-4-3-5-7-15/h8-12,15H,2-7,13H2,1H3,(H,19,21). The molecule has 1 heterocycles. The Morgan fingerprint density at radius 1 is 1.27 bits per heavy atom. The largest absolute Gasteiger partial charge is 0.494 e. The Labute approximate surface area is 131 Å². The van der Waals surface area contributed by atoms with Crippen molar-refractivity contribution < 1.29 is 9.53 Å². The summed E-state index contributed by atoms with van der Waals surface area (Å²) >= 11 is 0. The van der Waals surface area contributed by atoms with E-state index >= 15 is 0 Å². The number of carbonyl (C=O) groups excluding carboxylic acids is 1. The summed E-state index contributed by atoms with van der Waals surface area (Å²) in [5.74, 6) is 0.984. The SMILES string of the molecule is CCOc1ccc2c(ccn2CC(=O)NC2CCCCC2)c1. The van der Waals surface area contributed by atoms with Crippen LogP contribution in [-0.4, -0.2) is 23.1 Å². The monoisotopic (exact) mass is 300 g/mol. The number of nitrogens with zero attached hydrogens (tertiary/aromatic N) is 1. The summed E-state index contributed by atoms with van der Waals surface area (Å²) in [4.78, 5) is 12.2. The highest BCUT2D eigenvalue weighted by molar-refractivity contribution is 5.84. The van der Waals surface area contributed by atoms with E-state index in [-0.39, 0.29) is 5.91 Å². The third-order valence-electron chi connectivity index (χ3n) is 4.34. The first kappa shape index (κ1) is 14.9. The second kappa shape index (κ2) is 6.86. The highest BCUT2D eigenvalue weighted by Gasteiger charge is 2.16. The number of hydrogen-bond acceptors (Lipinski definition) is 2. The zero-order valence-corrected chi connectivity index (χ0v) is 13.2. The van der Waals surface area contributed by atoms with Gasteiger partial charge >= 0.3 is 0 Å². The van der Waals surface area contributed by atoms with Crippen molar-refractivity contribution in [1.29, 1.82) is 0 Å². The molecule has 118 valence electrons. The van der Waals surface area contributed by atoms with E-state index in [0.29, 0.717) is 19.2 Å². The molecule has 4 nitrogen and oxygen atoms in total. The average molecular weight is 300 g/mol. The van der Waals surface area contributed by atoms with Crippen LogP contribution in [0.5, 0.6) is 5.75 Å². The maximum Gasteiger partial charge on any atom is 0.240 e. The van der Waals surface area contributed by atoms with Gasteiger partial charge in [-0.2, -0.15) is 0 Å². The van der Waals surface area contributed by atoms with Crippen LogP contribution in [-0.2, 0) is 11.3 Å². The van der Waals surface area contributed by atoms with Crippen LogP contribution in [0.25, 0.3) is 10.9 Å². The molecule has 1 aliphatic carbocycles. The van der Waals surface area contributed by atoms with Gasteiger partial charge < -0.3 is 14.6 Å². The number of nitrogens with one attached hydrogen (secondary N) is 1. The van der Waals surface area contributed by atoms with Gasteiger partial charge in [0.25, 0.3) is 0 Å². The second-order valence-corrected chi connectivity index (χ2v) is 6.00. The molecule has 3 rings (SSSR count). The third-order valence-corrected chi connectivity index (χ3v) is 4.34. The molecule has 0 saturated heterocycles. The van der Waals surface area contributed by atoms with Crippen LogP contribution in [0.1, 0.15) is 39.0 Å². The number of rotatable bonds is 5. The Balaban J connectivity index is 1.66. The lowest BCUT2D eigenvalue weighted by Crippen LogP contribution is -2.38. The number of aromatic nitrogens is 1. The van der Waals surface area contributed by atoms with Gasteiger partial charge in [-0.1, -0.05) is 19.3 Å². The lowest BCUT2D eigenvalue weighted by Gasteiger charge is -2.22. The number of fused-ring (bicyclic) bond motifs is 1. The first-order valence-electron chi connectivity index (χ1n) is 8.27. The van der Waals surface area contributed by atoms with Crippen LogP contribution in [0.4, 0.5) is 0 Å². The zero-order chi connectivity index (χ0) is 15.4. The minimum absolute atomic E-state index is 0.110. The van der Waals surface area contributed by atoms with E-state index in [9.17, 15) is 4.79 Å². The van der Waals surface area contributed by atoms with Crippen molar-refractivity contribution in [2.24, 2.45) is 0 Å². The molecule has 1 aliphatic rings. The van der Waals surface area contributed by atoms with Crippen molar-refractivity contribution in [3.63, 3.8) is 0 Å². The smallest absolute Gasteiger partial charge is 0.240 e. The summed E-state index contributed by atoms with van der Waals surface area (Å²) in [6.45, 7) is 3.02. The molecule has 22 heavy (non-hydrogen) atoms. The van der Waals surface area contributed by atoms with Crippen molar-refractivity contribution >= 4 is 16.8 Å². The number of carbonyl (C=O) groups is 1. The lowest BCUT2D eigenvalue weighted by atomic mass is 9.95. The Kier molecular flexibility index (Phi) is 4.66. The number of ether oxygens (including phenoxy) is 1. The first-order chi connectivity index (χ1) is 10.8. The summed E-state index contributed by atoms with van der Waals surface area (Å²) < 4.78 is 7.52. The zero-order valence-electron chi connectivity index (χ0n) is 13.2. The molecular formula is C18H24N2O2. The Hall–Kier alpha value is -1.97. The van der Waals surface area contributed by atoms with E-state index in [1.54, 1.807) is 0 Å². The molecule has 2 aromatic rings. The average Bonchev–Trinajstić information content (AvgIpc) is 2.91. The van der Waals surface area contributed by atoms with Gasteiger partial charge in [-0.05, 0) is 44.0 Å². The summed E-state index contributed by atoms with van der Waals surface area (Å²) in [6, 6.07) is 8.41. The molecule has 0 aliphatic heterocycles. The molecule has 0 spiro atoms. The molecule has 1 N–H and O–H groups in total. The predicted molar refractivity (Wildman–Crippen MR) is 88.1 cm³/mol. The highest BCUT2D eigenvalue weighted by Crippen LogP contribution is 2.22. The van der Waals surface area contributed by atoms with Crippen molar-refractivity contribution in [2.75, 3.05) is 6.61 Å².